The van der Waals surface area contributed by atoms with Crippen molar-refractivity contribution in [2.75, 3.05) is 6.54 Å². The molecule has 7 heteroatoms. The Morgan fingerprint density at radius 2 is 1.84 bits per heavy atom. The van der Waals surface area contributed by atoms with Crippen molar-refractivity contribution < 1.29 is 14.4 Å². The first kappa shape index (κ1) is 19.9. The molecule has 31 heavy (non-hydrogen) atoms. The number of rotatable bonds is 4. The molecule has 2 aromatic carbocycles. The van der Waals surface area contributed by atoms with Crippen molar-refractivity contribution in [2.24, 2.45) is 5.73 Å². The van der Waals surface area contributed by atoms with E-state index in [4.69, 9.17) is 5.73 Å². The first-order valence-electron chi connectivity index (χ1n) is 10.8. The van der Waals surface area contributed by atoms with Crippen molar-refractivity contribution in [3.05, 3.63) is 70.8 Å². The zero-order valence-corrected chi connectivity index (χ0v) is 17.3. The average molecular weight is 418 g/mol. The summed E-state index contributed by atoms with van der Waals surface area (Å²) in [5.41, 5.74) is 10.3. The number of imide groups is 1. The molecule has 3 heterocycles. The maximum Gasteiger partial charge on any atom is 0.255 e. The van der Waals surface area contributed by atoms with Crippen molar-refractivity contribution in [2.45, 2.75) is 50.5 Å². The van der Waals surface area contributed by atoms with Gasteiger partial charge in [0.2, 0.25) is 11.8 Å². The molecule has 0 saturated carbocycles. The van der Waals surface area contributed by atoms with Crippen LogP contribution < -0.4 is 11.1 Å². The molecule has 160 valence electrons. The number of carbonyl (C=O) groups excluding carboxylic acids is 3. The number of likely N-dealkylation sites (tertiary alicyclic amines) is 1. The molecule has 3 aliphatic heterocycles. The predicted octanol–water partition coefficient (Wildman–Crippen LogP) is 1.72. The summed E-state index contributed by atoms with van der Waals surface area (Å²) in [5, 5.41) is 2.35. The van der Waals surface area contributed by atoms with Crippen LogP contribution in [0.1, 0.15) is 52.4 Å². The third kappa shape index (κ3) is 3.75. The summed E-state index contributed by atoms with van der Waals surface area (Å²) >= 11 is 0. The van der Waals surface area contributed by atoms with Gasteiger partial charge in [-0.1, -0.05) is 42.5 Å². The van der Waals surface area contributed by atoms with Crippen LogP contribution in [0.4, 0.5) is 0 Å². The van der Waals surface area contributed by atoms with Crippen molar-refractivity contribution in [3.63, 3.8) is 0 Å². The molecule has 0 bridgehead atoms. The predicted molar refractivity (Wildman–Crippen MR) is 115 cm³/mol. The summed E-state index contributed by atoms with van der Waals surface area (Å²) in [4.78, 5) is 40.6. The van der Waals surface area contributed by atoms with Gasteiger partial charge in [0, 0.05) is 43.7 Å². The molecule has 2 fully saturated rings. The number of nitrogens with zero attached hydrogens (tertiary/aromatic N) is 2. The smallest absolute Gasteiger partial charge is 0.255 e. The van der Waals surface area contributed by atoms with Gasteiger partial charge in [-0.2, -0.15) is 0 Å². The Labute approximate surface area is 181 Å². The maximum atomic E-state index is 12.9. The number of amides is 3. The summed E-state index contributed by atoms with van der Waals surface area (Å²) in [6, 6.07) is 16.2. The topological polar surface area (TPSA) is 95.7 Å². The van der Waals surface area contributed by atoms with Crippen molar-refractivity contribution >= 4 is 17.7 Å². The Morgan fingerprint density at radius 3 is 2.61 bits per heavy atom. The van der Waals surface area contributed by atoms with Gasteiger partial charge < -0.3 is 10.6 Å². The zero-order valence-electron chi connectivity index (χ0n) is 17.3. The van der Waals surface area contributed by atoms with Gasteiger partial charge >= 0.3 is 0 Å². The quantitative estimate of drug-likeness (QED) is 0.737. The monoisotopic (exact) mass is 418 g/mol. The van der Waals surface area contributed by atoms with Crippen LogP contribution in [0.5, 0.6) is 0 Å². The van der Waals surface area contributed by atoms with E-state index < -0.39 is 6.04 Å². The molecule has 3 N–H and O–H groups in total. The molecule has 2 saturated heterocycles. The van der Waals surface area contributed by atoms with Crippen LogP contribution >= 0.6 is 0 Å². The van der Waals surface area contributed by atoms with Crippen molar-refractivity contribution in [1.29, 1.82) is 0 Å². The lowest BCUT2D eigenvalue weighted by atomic mass is 10.0. The molecular weight excluding hydrogens is 392 g/mol. The number of piperidine rings is 1. The standard InChI is InChI=1S/C24H26N4O3/c25-18-11-21(16-4-2-1-3-5-16)27(14-18)12-15-6-7-19-17(10-15)13-28(24(19)31)20-8-9-22(29)26-23(20)30/h1-7,10,18,20-21H,8-9,11-14,25H2,(H,26,29,30)/t18-,20?,21-/m0/s1. The molecule has 1 unspecified atom stereocenters. The fourth-order valence-electron chi connectivity index (χ4n) is 5.10. The zero-order chi connectivity index (χ0) is 21.5. The first-order chi connectivity index (χ1) is 15.0. The van der Waals surface area contributed by atoms with Crippen LogP contribution in [-0.4, -0.2) is 46.1 Å². The van der Waals surface area contributed by atoms with E-state index in [-0.39, 0.29) is 36.2 Å². The average Bonchev–Trinajstić information content (AvgIpc) is 3.28. The Bertz CT molecular complexity index is 1040. The van der Waals surface area contributed by atoms with E-state index in [1.54, 1.807) is 4.90 Å². The Hall–Kier alpha value is -3.03. The van der Waals surface area contributed by atoms with Crippen molar-refractivity contribution in [1.82, 2.24) is 15.1 Å². The number of nitrogens with two attached hydrogens (primary N) is 1. The van der Waals surface area contributed by atoms with E-state index in [1.807, 2.05) is 18.2 Å². The highest BCUT2D eigenvalue weighted by Gasteiger charge is 2.39. The number of hydrogen-bond acceptors (Lipinski definition) is 5. The number of hydrogen-bond donors (Lipinski definition) is 2. The normalized spacial score (nSPS) is 26.3. The third-order valence-corrected chi connectivity index (χ3v) is 6.59. The lowest BCUT2D eigenvalue weighted by Crippen LogP contribution is -2.52. The molecule has 3 atom stereocenters. The second-order valence-corrected chi connectivity index (χ2v) is 8.74. The first-order valence-corrected chi connectivity index (χ1v) is 10.8. The van der Waals surface area contributed by atoms with Gasteiger partial charge in [0.25, 0.3) is 5.91 Å². The van der Waals surface area contributed by atoms with Gasteiger partial charge in [0.1, 0.15) is 6.04 Å². The van der Waals surface area contributed by atoms with Crippen LogP contribution in [0.15, 0.2) is 48.5 Å². The minimum absolute atomic E-state index is 0.138. The number of nitrogens with one attached hydrogen (secondary N) is 1. The van der Waals surface area contributed by atoms with Gasteiger partial charge in [-0.05, 0) is 35.6 Å². The summed E-state index contributed by atoms with van der Waals surface area (Å²) in [7, 11) is 0. The molecule has 5 rings (SSSR count). The SMILES string of the molecule is N[C@H]1C[C@@H](c2ccccc2)N(Cc2ccc3c(c2)CN(C2CCC(=O)NC2=O)C3=O)C1. The maximum absolute atomic E-state index is 12.9. The van der Waals surface area contributed by atoms with Gasteiger partial charge in [0.15, 0.2) is 0 Å². The number of fused-ring (bicyclic) bond motifs is 1. The summed E-state index contributed by atoms with van der Waals surface area (Å²) in [6.07, 6.45) is 1.57. The molecule has 0 aromatic heterocycles. The van der Waals surface area contributed by atoms with Gasteiger partial charge in [0.05, 0.1) is 0 Å². The molecule has 0 radical (unpaired) electrons. The summed E-state index contributed by atoms with van der Waals surface area (Å²) < 4.78 is 0. The summed E-state index contributed by atoms with van der Waals surface area (Å²) in [5.74, 6) is -0.791. The van der Waals surface area contributed by atoms with Crippen LogP contribution in [-0.2, 0) is 22.7 Å². The minimum Gasteiger partial charge on any atom is -0.326 e. The highest BCUT2D eigenvalue weighted by molar-refractivity contribution is 6.05. The lowest BCUT2D eigenvalue weighted by Gasteiger charge is -2.29. The largest absolute Gasteiger partial charge is 0.326 e. The van der Waals surface area contributed by atoms with E-state index in [0.29, 0.717) is 18.5 Å². The van der Waals surface area contributed by atoms with E-state index in [0.717, 1.165) is 30.6 Å². The highest BCUT2D eigenvalue weighted by atomic mass is 16.2. The lowest BCUT2D eigenvalue weighted by molar-refractivity contribution is -0.136. The van der Waals surface area contributed by atoms with Crippen LogP contribution in [0.2, 0.25) is 0 Å². The molecule has 2 aromatic rings. The fourth-order valence-corrected chi connectivity index (χ4v) is 5.10. The summed E-state index contributed by atoms with van der Waals surface area (Å²) in [6.45, 7) is 1.99. The molecule has 3 amide bonds. The molecule has 0 aliphatic carbocycles. The molecule has 7 nitrogen and oxygen atoms in total. The highest BCUT2D eigenvalue weighted by Crippen LogP contribution is 2.34. The number of carbonyl (C=O) groups is 3. The number of benzene rings is 2. The van der Waals surface area contributed by atoms with E-state index >= 15 is 0 Å². The van der Waals surface area contributed by atoms with Crippen LogP contribution in [0.25, 0.3) is 0 Å². The molecule has 0 spiro atoms. The Kier molecular flexibility index (Phi) is 5.08. The van der Waals surface area contributed by atoms with Crippen molar-refractivity contribution in [3.8, 4) is 0 Å². The second kappa shape index (κ2) is 7.90. The van der Waals surface area contributed by atoms with Gasteiger partial charge in [-0.25, -0.2) is 0 Å². The minimum atomic E-state index is -0.583. The van der Waals surface area contributed by atoms with Gasteiger partial charge in [-0.3, -0.25) is 24.6 Å². The van der Waals surface area contributed by atoms with E-state index in [2.05, 4.69) is 40.5 Å². The van der Waals surface area contributed by atoms with E-state index in [1.165, 1.54) is 5.56 Å². The van der Waals surface area contributed by atoms with Crippen LogP contribution in [0, 0.1) is 0 Å². The van der Waals surface area contributed by atoms with E-state index in [9.17, 15) is 14.4 Å². The Morgan fingerprint density at radius 1 is 1.03 bits per heavy atom. The third-order valence-electron chi connectivity index (χ3n) is 6.59. The molecule has 3 aliphatic rings. The van der Waals surface area contributed by atoms with Crippen LogP contribution in [0.3, 0.4) is 0 Å². The Balaban J connectivity index is 1.33. The second-order valence-electron chi connectivity index (χ2n) is 8.74. The van der Waals surface area contributed by atoms with Gasteiger partial charge in [-0.15, -0.1) is 0 Å². The fraction of sp³-hybridized carbons (Fsp3) is 0.375. The molecular formula is C24H26N4O3.